The highest BCUT2D eigenvalue weighted by atomic mass is 32.2. The number of likely N-dealkylation sites (N-methyl/N-ethyl adjacent to an activating group) is 1. The van der Waals surface area contributed by atoms with Gasteiger partial charge in [-0.3, -0.25) is 33.5 Å². The van der Waals surface area contributed by atoms with Crippen LogP contribution in [0.4, 0.5) is 0 Å². The third-order valence-corrected chi connectivity index (χ3v) is 7.35. The van der Waals surface area contributed by atoms with Gasteiger partial charge in [0.1, 0.15) is 29.9 Å². The monoisotopic (exact) mass is 624 g/mol. The van der Waals surface area contributed by atoms with Crippen molar-refractivity contribution < 1.29 is 36.9 Å². The van der Waals surface area contributed by atoms with Crippen molar-refractivity contribution in [2.75, 3.05) is 25.9 Å². The Kier molecular flexibility index (Phi) is 12.9. The van der Waals surface area contributed by atoms with Crippen LogP contribution in [0, 0.1) is 5.92 Å². The summed E-state index contributed by atoms with van der Waals surface area (Å²) in [7, 11) is -3.40. The van der Waals surface area contributed by atoms with E-state index in [-0.39, 0.29) is 31.8 Å². The average Bonchev–Trinajstić information content (AvgIpc) is 2.91. The quantitative estimate of drug-likeness (QED) is 0.0644. The highest BCUT2D eigenvalue weighted by Gasteiger charge is 2.37. The molecule has 1 aliphatic heterocycles. The number of nitrogens with one attached hydrogen (secondary N) is 4. The molecule has 0 spiro atoms. The number of benzene rings is 1. The van der Waals surface area contributed by atoms with Gasteiger partial charge in [0.15, 0.2) is 5.96 Å². The molecule has 4 unspecified atom stereocenters. The molecule has 17 heteroatoms. The van der Waals surface area contributed by atoms with E-state index in [9.17, 15) is 36.9 Å². The van der Waals surface area contributed by atoms with Gasteiger partial charge in [-0.25, -0.2) is 0 Å². The molecule has 1 heterocycles. The van der Waals surface area contributed by atoms with E-state index in [1.807, 2.05) is 0 Å². The molecule has 5 amide bonds. The normalized spacial score (nSPS) is 22.9. The SMILES string of the molecule is CC(C)C1C(=O)NC(CCCN=C(N)N)C(=O)NCC(=O)NC(CS(=O)(=O)O)C(=O)NC(Cc2ccccc2)C(=O)N1C. The molecule has 4 atom stereocenters. The smallest absolute Gasteiger partial charge is 0.267 e. The summed E-state index contributed by atoms with van der Waals surface area (Å²) in [5.41, 5.74) is 11.3. The lowest BCUT2D eigenvalue weighted by Gasteiger charge is -2.34. The Balaban J connectivity index is 2.53. The first-order valence-corrected chi connectivity index (χ1v) is 15.2. The van der Waals surface area contributed by atoms with Crippen molar-refractivity contribution in [1.82, 2.24) is 26.2 Å². The Morgan fingerprint density at radius 2 is 1.60 bits per heavy atom. The fourth-order valence-electron chi connectivity index (χ4n) is 4.59. The zero-order valence-electron chi connectivity index (χ0n) is 24.3. The highest BCUT2D eigenvalue weighted by molar-refractivity contribution is 7.85. The van der Waals surface area contributed by atoms with E-state index in [1.54, 1.807) is 44.2 Å². The number of aliphatic imine (C=N–C) groups is 1. The molecule has 1 saturated heterocycles. The van der Waals surface area contributed by atoms with Gasteiger partial charge in [-0.15, -0.1) is 0 Å². The van der Waals surface area contributed by atoms with Crippen LogP contribution in [0.15, 0.2) is 35.3 Å². The number of amides is 5. The molecule has 43 heavy (non-hydrogen) atoms. The van der Waals surface area contributed by atoms with Gasteiger partial charge in [-0.05, 0) is 24.3 Å². The standard InChI is InChI=1S/C26H40N8O8S/c1-15(2)21-24(38)32-17(10-7-11-29-26(27)28)22(36)30-13-20(35)31-19(14-43(40,41)42)23(37)33-18(25(39)34(21)3)12-16-8-5-4-6-9-16/h4-6,8-9,15,17-19,21H,7,10-14H2,1-3H3,(H,30,36)(H,31,35)(H,32,38)(H,33,37)(H4,27,28,29)(H,40,41,42). The van der Waals surface area contributed by atoms with Gasteiger partial charge in [0, 0.05) is 20.0 Å². The van der Waals surface area contributed by atoms with Crippen LogP contribution in [0.25, 0.3) is 0 Å². The fourth-order valence-corrected chi connectivity index (χ4v) is 5.25. The molecule has 0 aromatic heterocycles. The molecular weight excluding hydrogens is 584 g/mol. The number of nitrogens with two attached hydrogens (primary N) is 2. The number of guanidine groups is 1. The summed E-state index contributed by atoms with van der Waals surface area (Å²) in [5, 5.41) is 9.65. The van der Waals surface area contributed by atoms with Crippen LogP contribution in [0.2, 0.25) is 0 Å². The van der Waals surface area contributed by atoms with Gasteiger partial charge < -0.3 is 37.6 Å². The Labute approximate surface area is 250 Å². The lowest BCUT2D eigenvalue weighted by molar-refractivity contribution is -0.144. The van der Waals surface area contributed by atoms with Crippen LogP contribution < -0.4 is 32.7 Å². The van der Waals surface area contributed by atoms with Crippen molar-refractivity contribution >= 4 is 45.6 Å². The molecule has 0 radical (unpaired) electrons. The molecule has 1 fully saturated rings. The molecule has 238 valence electrons. The third kappa shape index (κ3) is 11.5. The maximum absolute atomic E-state index is 13.8. The molecular formula is C26H40N8O8S. The van der Waals surface area contributed by atoms with Crippen LogP contribution in [-0.2, 0) is 40.5 Å². The molecule has 0 aliphatic carbocycles. The van der Waals surface area contributed by atoms with Crippen molar-refractivity contribution in [3.63, 3.8) is 0 Å². The lowest BCUT2D eigenvalue weighted by Crippen LogP contribution is -2.60. The second-order valence-electron chi connectivity index (χ2n) is 10.5. The minimum atomic E-state index is -4.77. The zero-order chi connectivity index (χ0) is 32.3. The average molecular weight is 625 g/mol. The number of rotatable bonds is 9. The fraction of sp³-hybridized carbons (Fsp3) is 0.538. The Morgan fingerprint density at radius 1 is 0.977 bits per heavy atom. The Morgan fingerprint density at radius 3 is 2.19 bits per heavy atom. The lowest BCUT2D eigenvalue weighted by atomic mass is 9.98. The molecule has 1 aromatic carbocycles. The van der Waals surface area contributed by atoms with Gasteiger partial charge in [0.25, 0.3) is 10.1 Å². The Hall–Kier alpha value is -4.25. The van der Waals surface area contributed by atoms with Crippen molar-refractivity contribution in [1.29, 1.82) is 0 Å². The first-order valence-electron chi connectivity index (χ1n) is 13.6. The molecule has 1 aliphatic rings. The number of hydrogen-bond donors (Lipinski definition) is 7. The summed E-state index contributed by atoms with van der Waals surface area (Å²) in [6.07, 6.45) is 0.306. The van der Waals surface area contributed by atoms with Crippen molar-refractivity contribution in [2.24, 2.45) is 22.4 Å². The molecule has 16 nitrogen and oxygen atoms in total. The van der Waals surface area contributed by atoms with Gasteiger partial charge in [-0.1, -0.05) is 44.2 Å². The van der Waals surface area contributed by atoms with Gasteiger partial charge in [0.05, 0.1) is 6.54 Å². The maximum atomic E-state index is 13.8. The zero-order valence-corrected chi connectivity index (χ0v) is 25.1. The molecule has 9 N–H and O–H groups in total. The van der Waals surface area contributed by atoms with Crippen molar-refractivity contribution in [2.45, 2.75) is 57.3 Å². The predicted molar refractivity (Wildman–Crippen MR) is 157 cm³/mol. The van der Waals surface area contributed by atoms with Crippen molar-refractivity contribution in [3.05, 3.63) is 35.9 Å². The summed E-state index contributed by atoms with van der Waals surface area (Å²) in [5.74, 6) is -5.91. The summed E-state index contributed by atoms with van der Waals surface area (Å²) in [4.78, 5) is 71.3. The van der Waals surface area contributed by atoms with Crippen LogP contribution in [0.3, 0.4) is 0 Å². The number of carbonyl (C=O) groups is 5. The van der Waals surface area contributed by atoms with E-state index in [0.717, 1.165) is 4.90 Å². The second-order valence-corrected chi connectivity index (χ2v) is 12.0. The van der Waals surface area contributed by atoms with E-state index >= 15 is 0 Å². The van der Waals surface area contributed by atoms with Crippen LogP contribution in [0.1, 0.15) is 32.3 Å². The first kappa shape index (κ1) is 34.9. The molecule has 2 rings (SSSR count). The Bertz CT molecular complexity index is 1300. The van der Waals surface area contributed by atoms with E-state index < -0.39 is 82.0 Å². The van der Waals surface area contributed by atoms with Gasteiger partial charge in [-0.2, -0.15) is 8.42 Å². The summed E-state index contributed by atoms with van der Waals surface area (Å²) < 4.78 is 32.8. The largest absolute Gasteiger partial charge is 0.370 e. The maximum Gasteiger partial charge on any atom is 0.267 e. The number of hydrogen-bond acceptors (Lipinski definition) is 8. The van der Waals surface area contributed by atoms with E-state index in [2.05, 4.69) is 26.3 Å². The summed E-state index contributed by atoms with van der Waals surface area (Å²) in [6.45, 7) is 2.87. The van der Waals surface area contributed by atoms with Gasteiger partial charge >= 0.3 is 0 Å². The predicted octanol–water partition coefficient (Wildman–Crippen LogP) is -2.76. The van der Waals surface area contributed by atoms with Crippen molar-refractivity contribution in [3.8, 4) is 0 Å². The number of nitrogens with zero attached hydrogens (tertiary/aromatic N) is 2. The molecule has 0 saturated carbocycles. The van der Waals surface area contributed by atoms with E-state index in [4.69, 9.17) is 11.5 Å². The van der Waals surface area contributed by atoms with E-state index in [1.165, 1.54) is 7.05 Å². The summed E-state index contributed by atoms with van der Waals surface area (Å²) >= 11 is 0. The topological polar surface area (TPSA) is 255 Å². The van der Waals surface area contributed by atoms with Crippen LogP contribution >= 0.6 is 0 Å². The minimum Gasteiger partial charge on any atom is -0.370 e. The highest BCUT2D eigenvalue weighted by Crippen LogP contribution is 2.15. The third-order valence-electron chi connectivity index (χ3n) is 6.59. The van der Waals surface area contributed by atoms with Gasteiger partial charge in [0.2, 0.25) is 29.5 Å². The second kappa shape index (κ2) is 15.8. The molecule has 1 aromatic rings. The summed E-state index contributed by atoms with van der Waals surface area (Å²) in [6, 6.07) is 3.28. The minimum absolute atomic E-state index is 0.0395. The number of carbonyl (C=O) groups excluding carboxylic acids is 5. The van der Waals surface area contributed by atoms with Crippen LogP contribution in [0.5, 0.6) is 0 Å². The molecule has 0 bridgehead atoms. The van der Waals surface area contributed by atoms with E-state index in [0.29, 0.717) is 5.56 Å². The van der Waals surface area contributed by atoms with Crippen LogP contribution in [-0.4, -0.2) is 103 Å². The first-order chi connectivity index (χ1) is 20.1.